The Kier molecular flexibility index (Phi) is 2.38. The van der Waals surface area contributed by atoms with Crippen LogP contribution in [-0.4, -0.2) is 0 Å². The fraction of sp³-hybridized carbons (Fsp3) is 0.900. The second-order valence-corrected chi connectivity index (χ2v) is 9.89. The average molecular weight is 272 g/mol. The van der Waals surface area contributed by atoms with Gasteiger partial charge in [-0.15, -0.1) is 0 Å². The molecule has 0 aliphatic heterocycles. The maximum atomic E-state index is 2.75. The van der Waals surface area contributed by atoms with Gasteiger partial charge in [0.05, 0.1) is 0 Å². The second-order valence-electron chi connectivity index (χ2n) is 9.89. The first-order chi connectivity index (χ1) is 9.19. The minimum Gasteiger partial charge on any atom is -0.0811 e. The smallest absolute Gasteiger partial charge is 0.0138 e. The summed E-state index contributed by atoms with van der Waals surface area (Å²) < 4.78 is 0. The fourth-order valence-corrected chi connectivity index (χ4v) is 6.88. The summed E-state index contributed by atoms with van der Waals surface area (Å²) in [5, 5.41) is 0. The van der Waals surface area contributed by atoms with Crippen molar-refractivity contribution in [3.63, 3.8) is 0 Å². The van der Waals surface area contributed by atoms with Gasteiger partial charge in [-0.25, -0.2) is 0 Å². The van der Waals surface area contributed by atoms with Crippen molar-refractivity contribution in [2.24, 2.45) is 45.8 Å². The molecule has 0 heteroatoms. The quantitative estimate of drug-likeness (QED) is 0.538. The Balaban J connectivity index is 1.71. The molecule has 112 valence electrons. The SMILES string of the molecule is C[C@H]1C(C2C[C@H]3CC[C@@]2(C)C3(C)C)=C[C@@H]2C[C@@H]1C2(C)C. The Hall–Kier alpha value is -0.260. The summed E-state index contributed by atoms with van der Waals surface area (Å²) in [5.41, 5.74) is 3.60. The van der Waals surface area contributed by atoms with E-state index in [-0.39, 0.29) is 0 Å². The Bertz CT molecular complexity index is 480. The molecule has 0 aromatic heterocycles. The maximum Gasteiger partial charge on any atom is -0.0138 e. The molecule has 0 amide bonds. The van der Waals surface area contributed by atoms with Crippen molar-refractivity contribution in [3.05, 3.63) is 11.6 Å². The van der Waals surface area contributed by atoms with Gasteiger partial charge in [0.25, 0.3) is 0 Å². The molecule has 0 nitrogen and oxygen atoms in total. The molecular formula is C20H32. The van der Waals surface area contributed by atoms with E-state index in [1.165, 1.54) is 25.7 Å². The third-order valence-corrected chi connectivity index (χ3v) is 9.14. The normalized spacial score (nSPS) is 54.5. The summed E-state index contributed by atoms with van der Waals surface area (Å²) in [6.07, 6.45) is 8.66. The number of allylic oxidation sites excluding steroid dienone is 2. The predicted octanol–water partition coefficient (Wildman–Crippen LogP) is 5.69. The lowest BCUT2D eigenvalue weighted by molar-refractivity contribution is -0.0403. The molecule has 4 bridgehead atoms. The lowest BCUT2D eigenvalue weighted by Crippen LogP contribution is -2.52. The van der Waals surface area contributed by atoms with Crippen LogP contribution in [0.3, 0.4) is 0 Å². The molecule has 3 saturated carbocycles. The molecule has 0 saturated heterocycles. The third kappa shape index (κ3) is 1.26. The van der Waals surface area contributed by atoms with E-state index in [1.54, 1.807) is 0 Å². The van der Waals surface area contributed by atoms with Crippen LogP contribution in [0.1, 0.15) is 67.2 Å². The maximum absolute atomic E-state index is 2.75. The number of hydrogen-bond acceptors (Lipinski definition) is 0. The minimum atomic E-state index is 0.565. The van der Waals surface area contributed by atoms with Gasteiger partial charge in [-0.2, -0.15) is 0 Å². The van der Waals surface area contributed by atoms with E-state index < -0.39 is 0 Å². The average Bonchev–Trinajstić information content (AvgIpc) is 2.70. The molecule has 5 aliphatic carbocycles. The molecule has 0 spiro atoms. The van der Waals surface area contributed by atoms with Gasteiger partial charge in [-0.1, -0.05) is 53.2 Å². The van der Waals surface area contributed by atoms with Gasteiger partial charge in [-0.05, 0) is 71.5 Å². The third-order valence-electron chi connectivity index (χ3n) is 9.14. The van der Waals surface area contributed by atoms with Gasteiger partial charge in [0, 0.05) is 0 Å². The lowest BCUT2D eigenvalue weighted by Gasteiger charge is -2.60. The summed E-state index contributed by atoms with van der Waals surface area (Å²) in [6.45, 7) is 15.3. The van der Waals surface area contributed by atoms with Crippen LogP contribution in [0.4, 0.5) is 0 Å². The molecule has 20 heavy (non-hydrogen) atoms. The molecule has 0 heterocycles. The summed E-state index contributed by atoms with van der Waals surface area (Å²) in [5.74, 6) is 4.55. The van der Waals surface area contributed by atoms with Crippen molar-refractivity contribution in [1.29, 1.82) is 0 Å². The van der Waals surface area contributed by atoms with Crippen molar-refractivity contribution in [1.82, 2.24) is 0 Å². The van der Waals surface area contributed by atoms with Gasteiger partial charge < -0.3 is 0 Å². The van der Waals surface area contributed by atoms with E-state index in [0.717, 1.165) is 29.6 Å². The van der Waals surface area contributed by atoms with Gasteiger partial charge >= 0.3 is 0 Å². The molecule has 0 aromatic carbocycles. The van der Waals surface area contributed by atoms with Crippen molar-refractivity contribution < 1.29 is 0 Å². The monoisotopic (exact) mass is 272 g/mol. The molecule has 6 atom stereocenters. The Morgan fingerprint density at radius 3 is 2.20 bits per heavy atom. The Labute approximate surface area is 125 Å². The Morgan fingerprint density at radius 1 is 1.05 bits per heavy atom. The van der Waals surface area contributed by atoms with Crippen LogP contribution in [0.15, 0.2) is 11.6 Å². The van der Waals surface area contributed by atoms with E-state index in [0.29, 0.717) is 16.2 Å². The standard InChI is InChI=1S/C20H32/c1-12-15(9-14-11-16(12)18(14,2)3)17-10-13-7-8-20(17,6)19(13,4)5/h9,12-14,16-17H,7-8,10-11H2,1-6H3/t12-,13+,14+,16-,17?,20+/m0/s1. The first-order valence-electron chi connectivity index (χ1n) is 8.91. The van der Waals surface area contributed by atoms with Crippen LogP contribution in [0, 0.1) is 45.8 Å². The topological polar surface area (TPSA) is 0 Å². The van der Waals surface area contributed by atoms with Crippen molar-refractivity contribution in [2.45, 2.75) is 67.2 Å². The zero-order valence-electron chi connectivity index (χ0n) is 14.3. The zero-order chi connectivity index (χ0) is 14.5. The summed E-state index contributed by atoms with van der Waals surface area (Å²) in [6, 6.07) is 0. The molecule has 0 aromatic rings. The summed E-state index contributed by atoms with van der Waals surface area (Å²) >= 11 is 0. The van der Waals surface area contributed by atoms with Crippen LogP contribution in [0.5, 0.6) is 0 Å². The Morgan fingerprint density at radius 2 is 1.75 bits per heavy atom. The largest absolute Gasteiger partial charge is 0.0811 e. The van der Waals surface area contributed by atoms with Crippen LogP contribution in [0.2, 0.25) is 0 Å². The highest BCUT2D eigenvalue weighted by Gasteiger charge is 2.64. The molecule has 0 N–H and O–H groups in total. The van der Waals surface area contributed by atoms with Crippen molar-refractivity contribution in [2.75, 3.05) is 0 Å². The zero-order valence-corrected chi connectivity index (χ0v) is 14.3. The molecule has 1 unspecified atom stereocenters. The lowest BCUT2D eigenvalue weighted by atomic mass is 9.45. The van der Waals surface area contributed by atoms with Crippen molar-refractivity contribution >= 4 is 0 Å². The highest BCUT2D eigenvalue weighted by Crippen LogP contribution is 2.72. The van der Waals surface area contributed by atoms with Gasteiger partial charge in [0.1, 0.15) is 0 Å². The number of hydrogen-bond donors (Lipinski definition) is 0. The van der Waals surface area contributed by atoms with Crippen LogP contribution in [0.25, 0.3) is 0 Å². The second kappa shape index (κ2) is 3.55. The van der Waals surface area contributed by atoms with E-state index in [2.05, 4.69) is 47.6 Å². The fourth-order valence-electron chi connectivity index (χ4n) is 6.88. The highest BCUT2D eigenvalue weighted by molar-refractivity contribution is 5.31. The first kappa shape index (κ1) is 13.4. The minimum absolute atomic E-state index is 0.565. The van der Waals surface area contributed by atoms with Crippen LogP contribution < -0.4 is 0 Å². The van der Waals surface area contributed by atoms with Crippen molar-refractivity contribution in [3.8, 4) is 0 Å². The number of fused-ring (bicyclic) bond motifs is 3. The van der Waals surface area contributed by atoms with Gasteiger partial charge in [-0.3, -0.25) is 0 Å². The highest BCUT2D eigenvalue weighted by atomic mass is 14.7. The van der Waals surface area contributed by atoms with E-state index in [9.17, 15) is 0 Å². The molecule has 5 rings (SSSR count). The summed E-state index contributed by atoms with van der Waals surface area (Å²) in [4.78, 5) is 0. The molecule has 5 aliphatic rings. The molecular weight excluding hydrogens is 240 g/mol. The molecule has 0 radical (unpaired) electrons. The van der Waals surface area contributed by atoms with E-state index in [4.69, 9.17) is 0 Å². The summed E-state index contributed by atoms with van der Waals surface area (Å²) in [7, 11) is 0. The van der Waals surface area contributed by atoms with Crippen LogP contribution >= 0.6 is 0 Å². The van der Waals surface area contributed by atoms with Gasteiger partial charge in [0.2, 0.25) is 0 Å². The van der Waals surface area contributed by atoms with Gasteiger partial charge in [0.15, 0.2) is 0 Å². The first-order valence-corrected chi connectivity index (χ1v) is 8.91. The van der Waals surface area contributed by atoms with Crippen LogP contribution in [-0.2, 0) is 0 Å². The van der Waals surface area contributed by atoms with E-state index in [1.807, 2.05) is 5.57 Å². The van der Waals surface area contributed by atoms with E-state index >= 15 is 0 Å². The molecule has 3 fully saturated rings. The predicted molar refractivity (Wildman–Crippen MR) is 85.3 cm³/mol. The number of rotatable bonds is 1.